The second-order valence-corrected chi connectivity index (χ2v) is 4.72. The Bertz CT molecular complexity index is 352. The molecule has 1 aromatic rings. The van der Waals surface area contributed by atoms with Crippen LogP contribution >= 0.6 is 23.4 Å². The minimum atomic E-state index is -2.82. The van der Waals surface area contributed by atoms with Gasteiger partial charge in [-0.15, -0.1) is 0 Å². The van der Waals surface area contributed by atoms with Crippen molar-refractivity contribution in [1.29, 1.82) is 0 Å². The van der Waals surface area contributed by atoms with Crippen molar-refractivity contribution in [3.8, 4) is 5.75 Å². The van der Waals surface area contributed by atoms with Gasteiger partial charge < -0.3 is 10.1 Å². The molecule has 0 spiro atoms. The van der Waals surface area contributed by atoms with E-state index in [9.17, 15) is 8.78 Å². The van der Waals surface area contributed by atoms with Crippen LogP contribution in [0.3, 0.4) is 0 Å². The van der Waals surface area contributed by atoms with Crippen LogP contribution in [0.25, 0.3) is 0 Å². The zero-order valence-electron chi connectivity index (χ0n) is 9.38. The van der Waals surface area contributed by atoms with Crippen molar-refractivity contribution in [3.05, 3.63) is 28.8 Å². The summed E-state index contributed by atoms with van der Waals surface area (Å²) < 4.78 is 28.8. The van der Waals surface area contributed by atoms with Crippen LogP contribution in [0.15, 0.2) is 18.2 Å². The van der Waals surface area contributed by atoms with Gasteiger partial charge in [-0.3, -0.25) is 0 Å². The van der Waals surface area contributed by atoms with Crippen molar-refractivity contribution in [2.45, 2.75) is 13.2 Å². The Hall–Kier alpha value is -0.520. The summed E-state index contributed by atoms with van der Waals surface area (Å²) in [5, 5.41) is 3.65. The van der Waals surface area contributed by atoms with Gasteiger partial charge in [0.25, 0.3) is 0 Å². The van der Waals surface area contributed by atoms with Gasteiger partial charge in [0.15, 0.2) is 0 Å². The molecule has 0 radical (unpaired) electrons. The third-order valence-corrected chi connectivity index (χ3v) is 2.88. The fraction of sp³-hybridized carbons (Fsp3) is 0.455. The standard InChI is InChI=1S/C11H14ClF2NOS/c1-17-5-4-15-7-8-6-9(12)2-3-10(8)16-11(13)14/h2-3,6,11,15H,4-5,7H2,1H3. The summed E-state index contributed by atoms with van der Waals surface area (Å²) >= 11 is 7.53. The molecule has 0 atom stereocenters. The maximum Gasteiger partial charge on any atom is 0.387 e. The largest absolute Gasteiger partial charge is 0.434 e. The molecular weight excluding hydrogens is 268 g/mol. The summed E-state index contributed by atoms with van der Waals surface area (Å²) in [5.41, 5.74) is 0.638. The molecule has 0 aliphatic heterocycles. The predicted octanol–water partition coefficient (Wildman–Crippen LogP) is 3.39. The van der Waals surface area contributed by atoms with Gasteiger partial charge in [-0.05, 0) is 24.5 Å². The Morgan fingerprint density at radius 3 is 2.88 bits per heavy atom. The second kappa shape index (κ2) is 7.74. The molecule has 2 nitrogen and oxygen atoms in total. The van der Waals surface area contributed by atoms with Crippen LogP contribution < -0.4 is 10.1 Å². The van der Waals surface area contributed by atoms with Crippen LogP contribution in [0.1, 0.15) is 5.56 Å². The Morgan fingerprint density at radius 2 is 2.24 bits per heavy atom. The third-order valence-electron chi connectivity index (χ3n) is 2.04. The first-order valence-electron chi connectivity index (χ1n) is 5.06. The van der Waals surface area contributed by atoms with E-state index in [1.807, 2.05) is 6.26 Å². The van der Waals surface area contributed by atoms with Gasteiger partial charge in [0, 0.05) is 29.4 Å². The zero-order chi connectivity index (χ0) is 12.7. The van der Waals surface area contributed by atoms with Crippen molar-refractivity contribution in [2.75, 3.05) is 18.6 Å². The first-order chi connectivity index (χ1) is 8.13. The lowest BCUT2D eigenvalue weighted by molar-refractivity contribution is -0.0504. The number of thioether (sulfide) groups is 1. The van der Waals surface area contributed by atoms with Gasteiger partial charge in [0.1, 0.15) is 5.75 Å². The Kier molecular flexibility index (Phi) is 6.62. The first kappa shape index (κ1) is 14.5. The monoisotopic (exact) mass is 281 g/mol. The minimum absolute atomic E-state index is 0.168. The van der Waals surface area contributed by atoms with Gasteiger partial charge in [0.2, 0.25) is 0 Å². The average molecular weight is 282 g/mol. The molecule has 0 bridgehead atoms. The predicted molar refractivity (Wildman–Crippen MR) is 68.2 cm³/mol. The van der Waals surface area contributed by atoms with Crippen molar-refractivity contribution in [1.82, 2.24) is 5.32 Å². The number of hydrogen-bond acceptors (Lipinski definition) is 3. The van der Waals surface area contributed by atoms with Crippen LogP contribution in [0, 0.1) is 0 Å². The minimum Gasteiger partial charge on any atom is -0.434 e. The molecule has 1 aromatic carbocycles. The summed E-state index contributed by atoms with van der Waals surface area (Å²) in [6, 6.07) is 4.62. The average Bonchev–Trinajstić information content (AvgIpc) is 2.27. The summed E-state index contributed by atoms with van der Waals surface area (Å²) in [6.45, 7) is -1.55. The molecule has 0 aliphatic carbocycles. The van der Waals surface area contributed by atoms with Gasteiger partial charge in [-0.25, -0.2) is 0 Å². The van der Waals surface area contributed by atoms with Crippen LogP contribution in [0.5, 0.6) is 5.75 Å². The SMILES string of the molecule is CSCCNCc1cc(Cl)ccc1OC(F)F. The molecule has 17 heavy (non-hydrogen) atoms. The van der Waals surface area contributed by atoms with E-state index >= 15 is 0 Å². The van der Waals surface area contributed by atoms with Gasteiger partial charge >= 0.3 is 6.61 Å². The van der Waals surface area contributed by atoms with E-state index in [2.05, 4.69) is 10.1 Å². The van der Waals surface area contributed by atoms with Gasteiger partial charge in [-0.1, -0.05) is 11.6 Å². The molecular formula is C11H14ClF2NOS. The van der Waals surface area contributed by atoms with E-state index < -0.39 is 6.61 Å². The Labute approximate surface area is 109 Å². The molecule has 0 unspecified atom stereocenters. The van der Waals surface area contributed by atoms with E-state index in [4.69, 9.17) is 11.6 Å². The number of hydrogen-bond donors (Lipinski definition) is 1. The number of halogens is 3. The normalized spacial score (nSPS) is 10.9. The Morgan fingerprint density at radius 1 is 1.47 bits per heavy atom. The van der Waals surface area contributed by atoms with Crippen LogP contribution in [0.2, 0.25) is 5.02 Å². The van der Waals surface area contributed by atoms with Gasteiger partial charge in [-0.2, -0.15) is 20.5 Å². The molecule has 0 fully saturated rings. The van der Waals surface area contributed by atoms with Crippen LogP contribution in [-0.4, -0.2) is 25.2 Å². The molecule has 96 valence electrons. The fourth-order valence-electron chi connectivity index (χ4n) is 1.29. The lowest BCUT2D eigenvalue weighted by Gasteiger charge is -2.11. The van der Waals surface area contributed by atoms with E-state index in [0.29, 0.717) is 17.1 Å². The van der Waals surface area contributed by atoms with Crippen LogP contribution in [-0.2, 0) is 6.54 Å². The number of alkyl halides is 2. The van der Waals surface area contributed by atoms with Crippen molar-refractivity contribution in [2.24, 2.45) is 0 Å². The van der Waals surface area contributed by atoms with E-state index in [0.717, 1.165) is 12.3 Å². The topological polar surface area (TPSA) is 21.3 Å². The summed E-state index contributed by atoms with van der Waals surface area (Å²) in [7, 11) is 0. The highest BCUT2D eigenvalue weighted by molar-refractivity contribution is 7.98. The van der Waals surface area contributed by atoms with Gasteiger partial charge in [0.05, 0.1) is 0 Å². The summed E-state index contributed by atoms with van der Waals surface area (Å²) in [4.78, 5) is 0. The Balaban J connectivity index is 2.63. The molecule has 0 saturated carbocycles. The molecule has 0 saturated heterocycles. The molecule has 6 heteroatoms. The van der Waals surface area contributed by atoms with E-state index in [1.54, 1.807) is 17.8 Å². The lowest BCUT2D eigenvalue weighted by Crippen LogP contribution is -2.17. The second-order valence-electron chi connectivity index (χ2n) is 3.30. The van der Waals surface area contributed by atoms with Crippen molar-refractivity contribution in [3.63, 3.8) is 0 Å². The highest BCUT2D eigenvalue weighted by Crippen LogP contribution is 2.24. The molecule has 1 N–H and O–H groups in total. The smallest absolute Gasteiger partial charge is 0.387 e. The quantitative estimate of drug-likeness (QED) is 0.774. The summed E-state index contributed by atoms with van der Waals surface area (Å²) in [5.74, 6) is 1.13. The van der Waals surface area contributed by atoms with Crippen LogP contribution in [0.4, 0.5) is 8.78 Å². The highest BCUT2D eigenvalue weighted by Gasteiger charge is 2.09. The lowest BCUT2D eigenvalue weighted by atomic mass is 10.2. The molecule has 0 aliphatic rings. The number of nitrogens with one attached hydrogen (secondary N) is 1. The highest BCUT2D eigenvalue weighted by atomic mass is 35.5. The van der Waals surface area contributed by atoms with E-state index in [1.165, 1.54) is 12.1 Å². The summed E-state index contributed by atoms with van der Waals surface area (Å²) in [6.07, 6.45) is 2.01. The van der Waals surface area contributed by atoms with E-state index in [-0.39, 0.29) is 5.75 Å². The number of rotatable bonds is 7. The van der Waals surface area contributed by atoms with Crippen molar-refractivity contribution >= 4 is 23.4 Å². The zero-order valence-corrected chi connectivity index (χ0v) is 11.0. The maximum atomic E-state index is 12.2. The number of benzene rings is 1. The molecule has 0 amide bonds. The fourth-order valence-corrected chi connectivity index (χ4v) is 1.84. The van der Waals surface area contributed by atoms with Crippen molar-refractivity contribution < 1.29 is 13.5 Å². The molecule has 0 aromatic heterocycles. The maximum absolute atomic E-state index is 12.2. The molecule has 1 rings (SSSR count). The first-order valence-corrected chi connectivity index (χ1v) is 6.83. The third kappa shape index (κ3) is 5.57. The molecule has 0 heterocycles. The number of ether oxygens (including phenoxy) is 1.